The van der Waals surface area contributed by atoms with Crippen LogP contribution in [0, 0.1) is 5.92 Å². The molecule has 0 saturated heterocycles. The molecule has 124 valence electrons. The van der Waals surface area contributed by atoms with Crippen molar-refractivity contribution in [3.8, 4) is 17.2 Å². The Labute approximate surface area is 142 Å². The first-order chi connectivity index (χ1) is 11.8. The molecule has 0 saturated carbocycles. The Morgan fingerprint density at radius 3 is 2.46 bits per heavy atom. The van der Waals surface area contributed by atoms with E-state index in [9.17, 15) is 4.79 Å². The van der Waals surface area contributed by atoms with Crippen molar-refractivity contribution in [2.75, 3.05) is 12.4 Å². The number of hydrogen-bond donors (Lipinski definition) is 1. The highest BCUT2D eigenvalue weighted by Gasteiger charge is 2.18. The molecule has 1 amide bonds. The predicted octanol–water partition coefficient (Wildman–Crippen LogP) is 4.78. The SMILES string of the molecule is COc1ccccc1Oc1ccc(NC(=O)C2CC=CCC2)cc1. The predicted molar refractivity (Wildman–Crippen MR) is 94.6 cm³/mol. The van der Waals surface area contributed by atoms with Gasteiger partial charge in [-0.2, -0.15) is 0 Å². The number of anilines is 1. The molecule has 0 heterocycles. The molecule has 1 unspecified atom stereocenters. The first-order valence-electron chi connectivity index (χ1n) is 8.13. The van der Waals surface area contributed by atoms with Gasteiger partial charge >= 0.3 is 0 Å². The fraction of sp³-hybridized carbons (Fsp3) is 0.250. The second-order valence-electron chi connectivity index (χ2n) is 5.75. The normalized spacial score (nSPS) is 16.5. The molecule has 1 N–H and O–H groups in total. The zero-order chi connectivity index (χ0) is 16.8. The van der Waals surface area contributed by atoms with E-state index in [0.717, 1.165) is 24.9 Å². The van der Waals surface area contributed by atoms with Crippen LogP contribution in [0.5, 0.6) is 17.2 Å². The number of carbonyl (C=O) groups excluding carboxylic acids is 1. The maximum Gasteiger partial charge on any atom is 0.227 e. The van der Waals surface area contributed by atoms with Crippen molar-refractivity contribution in [1.82, 2.24) is 0 Å². The average Bonchev–Trinajstić information content (AvgIpc) is 2.64. The van der Waals surface area contributed by atoms with Crippen LogP contribution in [0.4, 0.5) is 5.69 Å². The molecule has 1 aliphatic rings. The molecule has 0 bridgehead atoms. The van der Waals surface area contributed by atoms with Gasteiger partial charge in [0.05, 0.1) is 7.11 Å². The zero-order valence-electron chi connectivity index (χ0n) is 13.7. The third kappa shape index (κ3) is 3.96. The summed E-state index contributed by atoms with van der Waals surface area (Å²) in [6.45, 7) is 0. The standard InChI is InChI=1S/C20H21NO3/c1-23-18-9-5-6-10-19(18)24-17-13-11-16(12-14-17)21-20(22)15-7-3-2-4-8-15/h2-3,5-6,9-15H,4,7-8H2,1H3,(H,21,22). The number of para-hydroxylation sites is 2. The Kier molecular flexibility index (Phi) is 5.16. The van der Waals surface area contributed by atoms with E-state index in [1.807, 2.05) is 48.5 Å². The molecule has 1 aliphatic carbocycles. The highest BCUT2D eigenvalue weighted by atomic mass is 16.5. The van der Waals surface area contributed by atoms with Gasteiger partial charge in [0.1, 0.15) is 5.75 Å². The molecule has 0 radical (unpaired) electrons. The largest absolute Gasteiger partial charge is 0.493 e. The summed E-state index contributed by atoms with van der Waals surface area (Å²) in [5, 5.41) is 2.97. The summed E-state index contributed by atoms with van der Waals surface area (Å²) >= 11 is 0. The molecule has 0 fully saturated rings. The van der Waals surface area contributed by atoms with Crippen LogP contribution < -0.4 is 14.8 Å². The van der Waals surface area contributed by atoms with Crippen LogP contribution in [0.1, 0.15) is 19.3 Å². The van der Waals surface area contributed by atoms with Crippen molar-refractivity contribution in [2.24, 2.45) is 5.92 Å². The quantitative estimate of drug-likeness (QED) is 0.805. The van der Waals surface area contributed by atoms with E-state index in [1.54, 1.807) is 7.11 Å². The van der Waals surface area contributed by atoms with Gasteiger partial charge in [0.15, 0.2) is 11.5 Å². The second kappa shape index (κ2) is 7.68. The highest BCUT2D eigenvalue weighted by Crippen LogP contribution is 2.31. The second-order valence-corrected chi connectivity index (χ2v) is 5.75. The lowest BCUT2D eigenvalue weighted by Crippen LogP contribution is -2.23. The number of nitrogens with one attached hydrogen (secondary N) is 1. The molecule has 2 aromatic carbocycles. The maximum atomic E-state index is 12.2. The Bertz CT molecular complexity index is 722. The molecule has 0 aliphatic heterocycles. The number of rotatable bonds is 5. The number of carbonyl (C=O) groups is 1. The van der Waals surface area contributed by atoms with Crippen molar-refractivity contribution >= 4 is 11.6 Å². The smallest absolute Gasteiger partial charge is 0.227 e. The Balaban J connectivity index is 1.63. The molecule has 2 aromatic rings. The molecule has 4 nitrogen and oxygen atoms in total. The van der Waals surface area contributed by atoms with Crippen LogP contribution in [0.2, 0.25) is 0 Å². The lowest BCUT2D eigenvalue weighted by molar-refractivity contribution is -0.120. The minimum Gasteiger partial charge on any atom is -0.493 e. The number of hydrogen-bond acceptors (Lipinski definition) is 3. The number of allylic oxidation sites excluding steroid dienone is 2. The maximum absolute atomic E-state index is 12.2. The van der Waals surface area contributed by atoms with Gasteiger partial charge in [-0.15, -0.1) is 0 Å². The van der Waals surface area contributed by atoms with Crippen molar-refractivity contribution in [1.29, 1.82) is 0 Å². The summed E-state index contributed by atoms with van der Waals surface area (Å²) in [7, 11) is 1.61. The third-order valence-electron chi connectivity index (χ3n) is 4.06. The van der Waals surface area contributed by atoms with Gasteiger partial charge in [-0.1, -0.05) is 24.3 Å². The summed E-state index contributed by atoms with van der Waals surface area (Å²) in [4.78, 5) is 12.2. The van der Waals surface area contributed by atoms with Gasteiger partial charge < -0.3 is 14.8 Å². The Hall–Kier alpha value is -2.75. The fourth-order valence-corrected chi connectivity index (χ4v) is 2.71. The van der Waals surface area contributed by atoms with Gasteiger partial charge in [-0.3, -0.25) is 4.79 Å². The van der Waals surface area contributed by atoms with Crippen molar-refractivity contribution in [3.63, 3.8) is 0 Å². The summed E-state index contributed by atoms with van der Waals surface area (Å²) < 4.78 is 11.1. The number of ether oxygens (including phenoxy) is 2. The van der Waals surface area contributed by atoms with Crippen LogP contribution in [0.3, 0.4) is 0 Å². The molecule has 3 rings (SSSR count). The van der Waals surface area contributed by atoms with E-state index in [2.05, 4.69) is 17.5 Å². The van der Waals surface area contributed by atoms with Crippen LogP contribution in [0.25, 0.3) is 0 Å². The van der Waals surface area contributed by atoms with E-state index >= 15 is 0 Å². The van der Waals surface area contributed by atoms with E-state index in [4.69, 9.17) is 9.47 Å². The molecule has 1 atom stereocenters. The monoisotopic (exact) mass is 323 g/mol. The van der Waals surface area contributed by atoms with E-state index in [1.165, 1.54) is 0 Å². The number of methoxy groups -OCH3 is 1. The van der Waals surface area contributed by atoms with Gasteiger partial charge in [0.25, 0.3) is 0 Å². The first kappa shape index (κ1) is 16.1. The van der Waals surface area contributed by atoms with Crippen LogP contribution >= 0.6 is 0 Å². The van der Waals surface area contributed by atoms with Gasteiger partial charge in [0.2, 0.25) is 5.91 Å². The topological polar surface area (TPSA) is 47.6 Å². The summed E-state index contributed by atoms with van der Waals surface area (Å²) in [5.74, 6) is 2.18. The Morgan fingerprint density at radius 2 is 1.79 bits per heavy atom. The average molecular weight is 323 g/mol. The molecular weight excluding hydrogens is 302 g/mol. The molecular formula is C20H21NO3. The highest BCUT2D eigenvalue weighted by molar-refractivity contribution is 5.92. The minimum atomic E-state index is 0.0690. The Morgan fingerprint density at radius 1 is 1.04 bits per heavy atom. The van der Waals surface area contributed by atoms with Crippen LogP contribution in [0.15, 0.2) is 60.7 Å². The summed E-state index contributed by atoms with van der Waals surface area (Å²) in [5.41, 5.74) is 0.780. The molecule has 24 heavy (non-hydrogen) atoms. The minimum absolute atomic E-state index is 0.0690. The van der Waals surface area contributed by atoms with Crippen LogP contribution in [-0.4, -0.2) is 13.0 Å². The number of amides is 1. The fourth-order valence-electron chi connectivity index (χ4n) is 2.71. The third-order valence-corrected chi connectivity index (χ3v) is 4.06. The van der Waals surface area contributed by atoms with Gasteiger partial charge in [-0.25, -0.2) is 0 Å². The van der Waals surface area contributed by atoms with Crippen molar-refractivity contribution < 1.29 is 14.3 Å². The van der Waals surface area contributed by atoms with E-state index in [0.29, 0.717) is 17.2 Å². The van der Waals surface area contributed by atoms with Gasteiger partial charge in [-0.05, 0) is 55.7 Å². The van der Waals surface area contributed by atoms with E-state index in [-0.39, 0.29) is 11.8 Å². The number of benzene rings is 2. The first-order valence-corrected chi connectivity index (χ1v) is 8.13. The zero-order valence-corrected chi connectivity index (χ0v) is 13.7. The van der Waals surface area contributed by atoms with E-state index < -0.39 is 0 Å². The lowest BCUT2D eigenvalue weighted by atomic mass is 9.93. The molecule has 4 heteroatoms. The van der Waals surface area contributed by atoms with Gasteiger partial charge in [0, 0.05) is 11.6 Å². The summed E-state index contributed by atoms with van der Waals surface area (Å²) in [6.07, 6.45) is 6.92. The molecule has 0 aromatic heterocycles. The lowest BCUT2D eigenvalue weighted by Gasteiger charge is -2.17. The summed E-state index contributed by atoms with van der Waals surface area (Å²) in [6, 6.07) is 14.9. The van der Waals surface area contributed by atoms with Crippen molar-refractivity contribution in [3.05, 3.63) is 60.7 Å². The van der Waals surface area contributed by atoms with Crippen LogP contribution in [-0.2, 0) is 4.79 Å². The van der Waals surface area contributed by atoms with Crippen molar-refractivity contribution in [2.45, 2.75) is 19.3 Å². The molecule has 0 spiro atoms.